The summed E-state index contributed by atoms with van der Waals surface area (Å²) in [5.41, 5.74) is 8.07. The Bertz CT molecular complexity index is 2830. The second kappa shape index (κ2) is 18.5. The molecule has 9 rings (SSSR count). The molecule has 1 unspecified atom stereocenters. The number of hydrogen-bond donors (Lipinski definition) is 2. The van der Waals surface area contributed by atoms with Gasteiger partial charge in [-0.2, -0.15) is 0 Å². The van der Waals surface area contributed by atoms with E-state index < -0.39 is 53.0 Å². The van der Waals surface area contributed by atoms with Gasteiger partial charge in [-0.15, -0.1) is 0 Å². The number of imidazole rings is 1. The van der Waals surface area contributed by atoms with Crippen LogP contribution in [0.2, 0.25) is 0 Å². The van der Waals surface area contributed by atoms with E-state index in [4.69, 9.17) is 29.4 Å². The molecule has 67 heavy (non-hydrogen) atoms. The summed E-state index contributed by atoms with van der Waals surface area (Å²) in [6.07, 6.45) is -3.62. The third kappa shape index (κ3) is 8.07. The van der Waals surface area contributed by atoms with E-state index in [9.17, 15) is 9.90 Å². The Hall–Kier alpha value is -7.38. The number of nitrogen functional groups attached to an aromatic ring is 1. The first-order chi connectivity index (χ1) is 32.5. The van der Waals surface area contributed by atoms with Crippen LogP contribution in [-0.4, -0.2) is 69.2 Å². The van der Waals surface area contributed by atoms with Gasteiger partial charge in [0.2, 0.25) is 0 Å². The summed E-state index contributed by atoms with van der Waals surface area (Å²) < 4.78 is 35.5. The predicted octanol–water partition coefficient (Wildman–Crippen LogP) is 9.05. The van der Waals surface area contributed by atoms with Crippen LogP contribution in [0.5, 0.6) is 11.5 Å². The minimum absolute atomic E-state index is 0.159. The topological polar surface area (TPSA) is 153 Å². The van der Waals surface area contributed by atoms with Crippen LogP contribution in [-0.2, 0) is 30.0 Å². The zero-order chi connectivity index (χ0) is 46.8. The highest BCUT2D eigenvalue weighted by Crippen LogP contribution is 2.53. The lowest BCUT2D eigenvalue weighted by Crippen LogP contribution is -2.58. The lowest BCUT2D eigenvalue weighted by molar-refractivity contribution is -0.182. The number of hydrogen-bond acceptors (Lipinski definition) is 11. The summed E-state index contributed by atoms with van der Waals surface area (Å²) in [5, 5.41) is 12.9. The van der Waals surface area contributed by atoms with Gasteiger partial charge in [-0.3, -0.25) is 9.36 Å². The Balaban J connectivity index is 1.42. The second-order valence-electron chi connectivity index (χ2n) is 17.6. The summed E-state index contributed by atoms with van der Waals surface area (Å²) in [4.78, 5) is 27.7. The van der Waals surface area contributed by atoms with Crippen LogP contribution in [0.3, 0.4) is 0 Å². The Morgan fingerprint density at radius 2 is 1.09 bits per heavy atom. The lowest BCUT2D eigenvalue weighted by atomic mass is 9.63. The number of benzene rings is 6. The molecule has 1 saturated heterocycles. The first-order valence-corrected chi connectivity index (χ1v) is 22.2. The van der Waals surface area contributed by atoms with Crippen LogP contribution in [0.15, 0.2) is 183 Å². The molecule has 8 aromatic rings. The number of esters is 1. The summed E-state index contributed by atoms with van der Waals surface area (Å²) in [6.45, 7) is 5.32. The molecule has 0 saturated carbocycles. The van der Waals surface area contributed by atoms with E-state index in [2.05, 4.69) is 39.2 Å². The monoisotopic (exact) mass is 895 g/mol. The fourth-order valence-electron chi connectivity index (χ4n) is 9.36. The number of aliphatic hydroxyl groups is 1. The molecule has 2 aromatic heterocycles. The van der Waals surface area contributed by atoms with Gasteiger partial charge in [-0.25, -0.2) is 15.0 Å². The molecule has 0 spiro atoms. The van der Waals surface area contributed by atoms with Gasteiger partial charge in [0.25, 0.3) is 0 Å². The number of aromatic nitrogens is 4. The highest BCUT2D eigenvalue weighted by Gasteiger charge is 2.61. The minimum Gasteiger partial charge on any atom is -0.497 e. The lowest BCUT2D eigenvalue weighted by Gasteiger charge is -2.50. The smallest absolute Gasteiger partial charge is 0.311 e. The van der Waals surface area contributed by atoms with Crippen molar-refractivity contribution < 1.29 is 33.6 Å². The van der Waals surface area contributed by atoms with Crippen molar-refractivity contribution in [2.45, 2.75) is 62.4 Å². The molecule has 1 fully saturated rings. The van der Waals surface area contributed by atoms with Gasteiger partial charge < -0.3 is 34.5 Å². The summed E-state index contributed by atoms with van der Waals surface area (Å²) in [7, 11) is 3.26. The number of fused-ring (bicyclic) bond motifs is 1. The average molecular weight is 896 g/mol. The molecular weight excluding hydrogens is 843 g/mol. The second-order valence-corrected chi connectivity index (χ2v) is 17.6. The van der Waals surface area contributed by atoms with Gasteiger partial charge in [0.1, 0.15) is 47.3 Å². The molecule has 6 aromatic carbocycles. The van der Waals surface area contributed by atoms with Gasteiger partial charge >= 0.3 is 5.97 Å². The van der Waals surface area contributed by atoms with E-state index in [-0.39, 0.29) is 5.82 Å². The zero-order valence-electron chi connectivity index (χ0n) is 38.0. The summed E-state index contributed by atoms with van der Waals surface area (Å²) >= 11 is 0. The van der Waals surface area contributed by atoms with Crippen molar-refractivity contribution >= 4 is 23.0 Å². The number of carbonyl (C=O) groups is 1. The van der Waals surface area contributed by atoms with Gasteiger partial charge in [-0.05, 0) is 78.4 Å². The number of methoxy groups -OCH3 is 2. The van der Waals surface area contributed by atoms with Crippen molar-refractivity contribution in [1.29, 1.82) is 0 Å². The van der Waals surface area contributed by atoms with E-state index in [0.717, 1.165) is 33.4 Å². The van der Waals surface area contributed by atoms with E-state index in [1.807, 2.05) is 146 Å². The maximum Gasteiger partial charge on any atom is 0.311 e. The fraction of sp³-hybridized carbons (Fsp3) is 0.236. The number of aliphatic hydroxyl groups excluding tert-OH is 1. The fourth-order valence-corrected chi connectivity index (χ4v) is 9.36. The molecule has 340 valence electrons. The molecule has 3 heterocycles. The van der Waals surface area contributed by atoms with Gasteiger partial charge in [0.15, 0.2) is 23.8 Å². The van der Waals surface area contributed by atoms with Crippen LogP contribution in [0.4, 0.5) is 5.82 Å². The molecule has 12 nitrogen and oxygen atoms in total. The number of nitrogens with zero attached hydrogens (tertiary/aromatic N) is 4. The standard InChI is InChI=1S/C55H53N5O7/c1-53(2,3)52(62)66-46-45(61)51(60-35-59-44-49(56)57-34-58-50(44)60)65-47(46)48(54(36-18-10-6-11-19-36,37-20-12-7-13-21-37)38-26-30-42(63-4)31-27-38)67-55(39-22-14-8-15-23-39,40-24-16-9-17-25-40)41-28-32-43(64-5)33-29-41/h6-35,45-48,51,61H,1-5H3,(H2,56,57,58)/t45-,46+,47+,48?,51-/m1/s1. The molecular formula is C55H53N5O7. The highest BCUT2D eigenvalue weighted by atomic mass is 16.6. The van der Waals surface area contributed by atoms with Crippen molar-refractivity contribution in [3.05, 3.63) is 216 Å². The van der Waals surface area contributed by atoms with Crippen LogP contribution >= 0.6 is 0 Å². The Morgan fingerprint density at radius 1 is 0.642 bits per heavy atom. The van der Waals surface area contributed by atoms with Gasteiger partial charge in [0.05, 0.1) is 31.4 Å². The van der Waals surface area contributed by atoms with Crippen molar-refractivity contribution in [3.63, 3.8) is 0 Å². The molecule has 0 aliphatic carbocycles. The molecule has 1 aliphatic rings. The molecule has 0 bridgehead atoms. The van der Waals surface area contributed by atoms with Crippen LogP contribution in [0.1, 0.15) is 60.4 Å². The maximum atomic E-state index is 14.4. The van der Waals surface area contributed by atoms with Crippen LogP contribution < -0.4 is 15.2 Å². The minimum atomic E-state index is -1.49. The Morgan fingerprint density at radius 3 is 1.57 bits per heavy atom. The molecule has 0 amide bonds. The van der Waals surface area contributed by atoms with Gasteiger partial charge in [-0.1, -0.05) is 146 Å². The van der Waals surface area contributed by atoms with Crippen molar-refractivity contribution in [2.75, 3.05) is 20.0 Å². The number of ether oxygens (including phenoxy) is 5. The third-order valence-electron chi connectivity index (χ3n) is 12.7. The SMILES string of the molecule is COc1ccc(C(OC([C@H]2O[C@@H](n3cnc4c(N)ncnc43)[C@H](O)[C@@H]2OC(=O)C(C)(C)C)C(c2ccccc2)(c2ccccc2)c2ccc(OC)cc2)(c2ccccc2)c2ccccc2)cc1. The Kier molecular flexibility index (Phi) is 12.4. The predicted molar refractivity (Wildman–Crippen MR) is 255 cm³/mol. The van der Waals surface area contributed by atoms with Crippen LogP contribution in [0.25, 0.3) is 11.2 Å². The van der Waals surface area contributed by atoms with E-state index in [0.29, 0.717) is 22.7 Å². The first kappa shape index (κ1) is 44.8. The highest BCUT2D eigenvalue weighted by molar-refractivity contribution is 5.81. The molecule has 1 aliphatic heterocycles. The number of rotatable bonds is 14. The summed E-state index contributed by atoms with van der Waals surface area (Å²) in [5.74, 6) is 0.919. The van der Waals surface area contributed by atoms with Crippen molar-refractivity contribution in [1.82, 2.24) is 19.5 Å². The largest absolute Gasteiger partial charge is 0.497 e. The normalized spacial score (nSPS) is 18.1. The number of nitrogens with two attached hydrogens (primary N) is 1. The molecule has 3 N–H and O–H groups in total. The first-order valence-electron chi connectivity index (χ1n) is 22.2. The molecule has 5 atom stereocenters. The quantitative estimate of drug-likeness (QED) is 0.0794. The maximum absolute atomic E-state index is 14.4. The summed E-state index contributed by atoms with van der Waals surface area (Å²) in [6, 6.07) is 55.9. The van der Waals surface area contributed by atoms with E-state index in [1.54, 1.807) is 39.6 Å². The van der Waals surface area contributed by atoms with E-state index in [1.165, 1.54) is 12.7 Å². The van der Waals surface area contributed by atoms with E-state index >= 15 is 0 Å². The zero-order valence-corrected chi connectivity index (χ0v) is 38.0. The van der Waals surface area contributed by atoms with Crippen molar-refractivity contribution in [3.8, 4) is 11.5 Å². The molecule has 0 radical (unpaired) electrons. The number of carbonyl (C=O) groups excluding carboxylic acids is 1. The molecule has 12 heteroatoms. The number of anilines is 1. The van der Waals surface area contributed by atoms with Crippen molar-refractivity contribution in [2.24, 2.45) is 5.41 Å². The Labute approximate surface area is 390 Å². The average Bonchev–Trinajstić information content (AvgIpc) is 3.94. The van der Waals surface area contributed by atoms with Gasteiger partial charge in [0, 0.05) is 0 Å². The third-order valence-corrected chi connectivity index (χ3v) is 12.7. The van der Waals surface area contributed by atoms with Crippen LogP contribution in [0, 0.1) is 5.41 Å².